The molecule has 1 aromatic rings. The van der Waals surface area contributed by atoms with Crippen molar-refractivity contribution in [3.05, 3.63) is 30.6 Å². The molecule has 1 N–H and O–H groups in total. The van der Waals surface area contributed by atoms with Crippen molar-refractivity contribution in [2.45, 2.75) is 44.9 Å². The van der Waals surface area contributed by atoms with Gasteiger partial charge in [-0.2, -0.15) is 0 Å². The van der Waals surface area contributed by atoms with Gasteiger partial charge >= 0.3 is 0 Å². The maximum absolute atomic E-state index is 12.3. The number of piperidine rings is 1. The highest BCUT2D eigenvalue weighted by Crippen LogP contribution is 2.25. The summed E-state index contributed by atoms with van der Waals surface area (Å²) in [6.07, 6.45) is 14.7. The molecular formula is C19H26N4O2. The predicted octanol–water partition coefficient (Wildman–Crippen LogP) is 2.79. The third-order valence-corrected chi connectivity index (χ3v) is 5.14. The second kappa shape index (κ2) is 8.74. The summed E-state index contributed by atoms with van der Waals surface area (Å²) in [7, 11) is 0. The second-order valence-corrected chi connectivity index (χ2v) is 6.92. The monoisotopic (exact) mass is 342 g/mol. The Hall–Kier alpha value is -2.24. The summed E-state index contributed by atoms with van der Waals surface area (Å²) in [5.74, 6) is 0.829. The molecule has 6 nitrogen and oxygen atoms in total. The van der Waals surface area contributed by atoms with E-state index < -0.39 is 0 Å². The maximum atomic E-state index is 12.3. The lowest BCUT2D eigenvalue weighted by Crippen LogP contribution is -2.41. The molecule has 1 aromatic heterocycles. The van der Waals surface area contributed by atoms with Crippen LogP contribution in [0.3, 0.4) is 0 Å². The summed E-state index contributed by atoms with van der Waals surface area (Å²) in [6, 6.07) is 1.71. The normalized spacial score (nSPS) is 19.9. The van der Waals surface area contributed by atoms with Crippen LogP contribution in [0.15, 0.2) is 30.6 Å². The van der Waals surface area contributed by atoms with Gasteiger partial charge in [-0.1, -0.05) is 25.3 Å². The summed E-state index contributed by atoms with van der Waals surface area (Å²) < 4.78 is 0. The number of carbonyl (C=O) groups is 2. The van der Waals surface area contributed by atoms with E-state index in [4.69, 9.17) is 0 Å². The average Bonchev–Trinajstić information content (AvgIpc) is 2.68. The maximum Gasteiger partial charge on any atom is 0.246 e. The molecule has 0 unspecified atom stereocenters. The van der Waals surface area contributed by atoms with Crippen molar-refractivity contribution < 1.29 is 9.59 Å². The van der Waals surface area contributed by atoms with Crippen molar-refractivity contribution in [2.75, 3.05) is 18.4 Å². The first kappa shape index (κ1) is 17.6. The molecule has 1 aliphatic carbocycles. The first-order valence-corrected chi connectivity index (χ1v) is 9.27. The summed E-state index contributed by atoms with van der Waals surface area (Å²) in [5.41, 5.74) is 0. The fourth-order valence-electron chi connectivity index (χ4n) is 3.59. The van der Waals surface area contributed by atoms with Crippen molar-refractivity contribution in [1.82, 2.24) is 14.9 Å². The number of hydrogen-bond donors (Lipinski definition) is 1. The van der Waals surface area contributed by atoms with Gasteiger partial charge in [-0.3, -0.25) is 14.9 Å². The average molecular weight is 342 g/mol. The molecule has 2 fully saturated rings. The van der Waals surface area contributed by atoms with Crippen molar-refractivity contribution in [3.63, 3.8) is 0 Å². The lowest BCUT2D eigenvalue weighted by atomic mass is 9.89. The molecule has 2 amide bonds. The van der Waals surface area contributed by atoms with Gasteiger partial charge in [0.1, 0.15) is 0 Å². The highest BCUT2D eigenvalue weighted by Gasteiger charge is 2.27. The molecule has 0 radical (unpaired) electrons. The molecule has 2 aliphatic rings. The number of aromatic nitrogens is 2. The first-order valence-electron chi connectivity index (χ1n) is 9.27. The van der Waals surface area contributed by atoms with E-state index in [1.807, 2.05) is 4.90 Å². The van der Waals surface area contributed by atoms with Gasteiger partial charge in [-0.25, -0.2) is 9.97 Å². The molecule has 1 saturated heterocycles. The van der Waals surface area contributed by atoms with Crippen molar-refractivity contribution in [1.29, 1.82) is 0 Å². The van der Waals surface area contributed by atoms with Gasteiger partial charge in [0.05, 0.1) is 0 Å². The summed E-state index contributed by atoms with van der Waals surface area (Å²) in [6.45, 7) is 1.25. The highest BCUT2D eigenvalue weighted by molar-refractivity contribution is 5.91. The number of allylic oxidation sites excluding steroid dienone is 1. The molecule has 1 saturated carbocycles. The third kappa shape index (κ3) is 5.11. The number of anilines is 1. The van der Waals surface area contributed by atoms with Gasteiger partial charge in [-0.05, 0) is 43.7 Å². The Balaban J connectivity index is 1.44. The van der Waals surface area contributed by atoms with Gasteiger partial charge in [-0.15, -0.1) is 0 Å². The summed E-state index contributed by atoms with van der Waals surface area (Å²) in [4.78, 5) is 34.5. The van der Waals surface area contributed by atoms with Gasteiger partial charge < -0.3 is 4.90 Å². The molecule has 0 atom stereocenters. The van der Waals surface area contributed by atoms with Crippen LogP contribution >= 0.6 is 0 Å². The standard InChI is InChI=1S/C19H26N4O2/c24-17(8-7-15-5-2-1-3-6-15)23-13-9-16(10-14-23)18(25)22-19-20-11-4-12-21-19/h4,7-8,11-12,15-16H,1-3,5-6,9-10,13-14H2,(H,20,21,22,25)/b8-7-. The van der Waals surface area contributed by atoms with Crippen LogP contribution in [0.4, 0.5) is 5.95 Å². The molecule has 134 valence electrons. The van der Waals surface area contributed by atoms with Crippen LogP contribution in [0, 0.1) is 11.8 Å². The van der Waals surface area contributed by atoms with E-state index in [1.165, 1.54) is 32.1 Å². The fraction of sp³-hybridized carbons (Fsp3) is 0.579. The van der Waals surface area contributed by atoms with Crippen LogP contribution in [0.1, 0.15) is 44.9 Å². The van der Waals surface area contributed by atoms with E-state index in [0.717, 1.165) is 0 Å². The Morgan fingerprint density at radius 3 is 2.40 bits per heavy atom. The van der Waals surface area contributed by atoms with Crippen LogP contribution in [0.25, 0.3) is 0 Å². The minimum absolute atomic E-state index is 0.0592. The number of hydrogen-bond acceptors (Lipinski definition) is 4. The van der Waals surface area contributed by atoms with Crippen LogP contribution in [-0.2, 0) is 9.59 Å². The van der Waals surface area contributed by atoms with E-state index in [1.54, 1.807) is 24.5 Å². The summed E-state index contributed by atoms with van der Waals surface area (Å²) >= 11 is 0. The van der Waals surface area contributed by atoms with Crippen LogP contribution in [0.5, 0.6) is 0 Å². The predicted molar refractivity (Wildman–Crippen MR) is 95.7 cm³/mol. The largest absolute Gasteiger partial charge is 0.339 e. The molecule has 6 heteroatoms. The van der Waals surface area contributed by atoms with E-state index in [-0.39, 0.29) is 17.7 Å². The number of nitrogens with one attached hydrogen (secondary N) is 1. The molecule has 2 heterocycles. The van der Waals surface area contributed by atoms with Crippen LogP contribution in [-0.4, -0.2) is 39.8 Å². The van der Waals surface area contributed by atoms with E-state index in [2.05, 4.69) is 21.4 Å². The lowest BCUT2D eigenvalue weighted by molar-refractivity contribution is -0.130. The molecule has 1 aliphatic heterocycles. The van der Waals surface area contributed by atoms with Crippen LogP contribution < -0.4 is 5.32 Å². The first-order chi connectivity index (χ1) is 12.2. The fourth-order valence-corrected chi connectivity index (χ4v) is 3.59. The van der Waals surface area contributed by atoms with E-state index >= 15 is 0 Å². The Kier molecular flexibility index (Phi) is 6.14. The quantitative estimate of drug-likeness (QED) is 0.854. The molecule has 0 spiro atoms. The Morgan fingerprint density at radius 1 is 1.04 bits per heavy atom. The van der Waals surface area contributed by atoms with Gasteiger partial charge in [0.2, 0.25) is 17.8 Å². The zero-order valence-corrected chi connectivity index (χ0v) is 14.6. The second-order valence-electron chi connectivity index (χ2n) is 6.92. The van der Waals surface area contributed by atoms with Gasteiger partial charge in [0.25, 0.3) is 0 Å². The molecule has 25 heavy (non-hydrogen) atoms. The molecule has 0 bridgehead atoms. The van der Waals surface area contributed by atoms with Gasteiger partial charge in [0, 0.05) is 31.4 Å². The van der Waals surface area contributed by atoms with Crippen molar-refractivity contribution in [2.24, 2.45) is 11.8 Å². The van der Waals surface area contributed by atoms with E-state index in [0.29, 0.717) is 37.8 Å². The number of nitrogens with zero attached hydrogens (tertiary/aromatic N) is 3. The Bertz CT molecular complexity index is 603. The number of rotatable bonds is 4. The van der Waals surface area contributed by atoms with Crippen molar-refractivity contribution >= 4 is 17.8 Å². The zero-order valence-electron chi connectivity index (χ0n) is 14.6. The highest BCUT2D eigenvalue weighted by atomic mass is 16.2. The smallest absolute Gasteiger partial charge is 0.246 e. The minimum Gasteiger partial charge on any atom is -0.339 e. The third-order valence-electron chi connectivity index (χ3n) is 5.14. The number of likely N-dealkylation sites (tertiary alicyclic amines) is 1. The number of amides is 2. The summed E-state index contributed by atoms with van der Waals surface area (Å²) in [5, 5.41) is 2.75. The number of carbonyl (C=O) groups excluding carboxylic acids is 2. The topological polar surface area (TPSA) is 75.2 Å². The van der Waals surface area contributed by atoms with Crippen LogP contribution in [0.2, 0.25) is 0 Å². The Labute approximate surface area is 148 Å². The molecule has 0 aromatic carbocycles. The van der Waals surface area contributed by atoms with Gasteiger partial charge in [0.15, 0.2) is 0 Å². The van der Waals surface area contributed by atoms with E-state index in [9.17, 15) is 9.59 Å². The lowest BCUT2D eigenvalue weighted by Gasteiger charge is -2.30. The molecular weight excluding hydrogens is 316 g/mol. The zero-order chi connectivity index (χ0) is 17.5. The Morgan fingerprint density at radius 2 is 1.72 bits per heavy atom. The SMILES string of the molecule is O=C(Nc1ncccn1)C1CCN(C(=O)/C=C\C2CCCCC2)CC1. The van der Waals surface area contributed by atoms with Crippen molar-refractivity contribution in [3.8, 4) is 0 Å². The minimum atomic E-state index is -0.0878. The molecule has 3 rings (SSSR count).